The first kappa shape index (κ1) is 12.5. The summed E-state index contributed by atoms with van der Waals surface area (Å²) in [5.74, 6) is -1.83. The van der Waals surface area contributed by atoms with E-state index in [0.717, 1.165) is 4.68 Å². The molecule has 0 aliphatic rings. The molecule has 1 atom stereocenters. The summed E-state index contributed by atoms with van der Waals surface area (Å²) in [6, 6.07) is -0.670. The molecule has 16 heavy (non-hydrogen) atoms. The van der Waals surface area contributed by atoms with Crippen molar-refractivity contribution in [3.05, 3.63) is 5.82 Å². The molecule has 0 bridgehead atoms. The monoisotopic (exact) mass is 234 g/mol. The molecule has 1 N–H and O–H groups in total. The number of rotatable bonds is 5. The van der Waals surface area contributed by atoms with Crippen LogP contribution in [-0.2, 0) is 4.79 Å². The van der Waals surface area contributed by atoms with E-state index >= 15 is 0 Å². The number of alkyl halides is 2. The van der Waals surface area contributed by atoms with Crippen molar-refractivity contribution in [1.29, 1.82) is 0 Å². The number of aromatic nitrogens is 4. The molecule has 0 fully saturated rings. The number of carbonyl (C=O) groups is 1. The van der Waals surface area contributed by atoms with Crippen LogP contribution in [0.15, 0.2) is 0 Å². The molecule has 0 spiro atoms. The average Bonchev–Trinajstić information content (AvgIpc) is 2.61. The fraction of sp³-hybridized carbons (Fsp3) is 0.750. The summed E-state index contributed by atoms with van der Waals surface area (Å²) in [6.45, 7) is 3.45. The lowest BCUT2D eigenvalue weighted by Gasteiger charge is -2.19. The van der Waals surface area contributed by atoms with E-state index in [1.165, 1.54) is 0 Å². The van der Waals surface area contributed by atoms with Gasteiger partial charge in [-0.25, -0.2) is 13.5 Å². The SMILES string of the molecule is CC(C)C(CC(=O)O)n1nnnc1C(F)F. The Labute approximate surface area is 90.3 Å². The van der Waals surface area contributed by atoms with Crippen LogP contribution in [0.3, 0.4) is 0 Å². The van der Waals surface area contributed by atoms with Gasteiger partial charge in [0, 0.05) is 0 Å². The Morgan fingerprint density at radius 3 is 2.56 bits per heavy atom. The predicted molar refractivity (Wildman–Crippen MR) is 48.9 cm³/mol. The minimum atomic E-state index is -2.81. The molecule has 90 valence electrons. The molecule has 1 unspecified atom stereocenters. The van der Waals surface area contributed by atoms with Gasteiger partial charge in [0.1, 0.15) is 0 Å². The van der Waals surface area contributed by atoms with Gasteiger partial charge in [-0.3, -0.25) is 4.79 Å². The predicted octanol–water partition coefficient (Wildman–Crippen LogP) is 1.28. The first-order valence-electron chi connectivity index (χ1n) is 4.71. The van der Waals surface area contributed by atoms with E-state index in [9.17, 15) is 13.6 Å². The molecule has 0 aromatic carbocycles. The maximum absolute atomic E-state index is 12.5. The summed E-state index contributed by atoms with van der Waals surface area (Å²) >= 11 is 0. The maximum atomic E-state index is 12.5. The molecule has 6 nitrogen and oxygen atoms in total. The van der Waals surface area contributed by atoms with Gasteiger partial charge in [-0.2, -0.15) is 0 Å². The Kier molecular flexibility index (Phi) is 3.86. The van der Waals surface area contributed by atoms with Gasteiger partial charge in [0.25, 0.3) is 6.43 Å². The van der Waals surface area contributed by atoms with E-state index in [0.29, 0.717) is 0 Å². The summed E-state index contributed by atoms with van der Waals surface area (Å²) in [7, 11) is 0. The fourth-order valence-corrected chi connectivity index (χ4v) is 1.36. The van der Waals surface area contributed by atoms with E-state index in [4.69, 9.17) is 5.11 Å². The number of aliphatic carboxylic acids is 1. The summed E-state index contributed by atoms with van der Waals surface area (Å²) < 4.78 is 25.9. The number of carboxylic acids is 1. The third-order valence-corrected chi connectivity index (χ3v) is 2.18. The highest BCUT2D eigenvalue weighted by Gasteiger charge is 2.27. The number of hydrogen-bond donors (Lipinski definition) is 1. The van der Waals surface area contributed by atoms with Gasteiger partial charge in [0.2, 0.25) is 5.82 Å². The zero-order valence-electron chi connectivity index (χ0n) is 8.84. The van der Waals surface area contributed by atoms with Crippen LogP contribution in [0.2, 0.25) is 0 Å². The van der Waals surface area contributed by atoms with Crippen molar-refractivity contribution < 1.29 is 18.7 Å². The lowest BCUT2D eigenvalue weighted by molar-refractivity contribution is -0.138. The molecule has 0 saturated heterocycles. The van der Waals surface area contributed by atoms with Crippen molar-refractivity contribution in [2.24, 2.45) is 5.92 Å². The van der Waals surface area contributed by atoms with Gasteiger partial charge in [0.05, 0.1) is 12.5 Å². The molecule has 0 aliphatic heterocycles. The Morgan fingerprint density at radius 2 is 2.12 bits per heavy atom. The second kappa shape index (κ2) is 4.95. The van der Waals surface area contributed by atoms with Crippen LogP contribution >= 0.6 is 0 Å². The summed E-state index contributed by atoms with van der Waals surface area (Å²) in [6.07, 6.45) is -3.10. The summed E-state index contributed by atoms with van der Waals surface area (Å²) in [5, 5.41) is 18.4. The highest BCUT2D eigenvalue weighted by atomic mass is 19.3. The standard InChI is InChI=1S/C8H12F2N4O2/c1-4(2)5(3-6(15)16)14-8(7(9)10)11-12-13-14/h4-5,7H,3H2,1-2H3,(H,15,16). The number of nitrogens with zero attached hydrogens (tertiary/aromatic N) is 4. The highest BCUT2D eigenvalue weighted by Crippen LogP contribution is 2.25. The van der Waals surface area contributed by atoms with E-state index in [2.05, 4.69) is 15.5 Å². The van der Waals surface area contributed by atoms with Gasteiger partial charge in [-0.1, -0.05) is 13.8 Å². The van der Waals surface area contributed by atoms with Crippen LogP contribution in [0, 0.1) is 5.92 Å². The molecular weight excluding hydrogens is 222 g/mol. The molecule has 8 heteroatoms. The smallest absolute Gasteiger partial charge is 0.305 e. The van der Waals surface area contributed by atoms with Gasteiger partial charge in [0.15, 0.2) is 0 Å². The molecule has 1 aromatic rings. The third kappa shape index (κ3) is 2.71. The largest absolute Gasteiger partial charge is 0.481 e. The first-order chi connectivity index (χ1) is 7.43. The van der Waals surface area contributed by atoms with Crippen LogP contribution in [0.5, 0.6) is 0 Å². The van der Waals surface area contributed by atoms with Crippen molar-refractivity contribution in [2.75, 3.05) is 0 Å². The lowest BCUT2D eigenvalue weighted by Crippen LogP contribution is -2.22. The minimum Gasteiger partial charge on any atom is -0.481 e. The quantitative estimate of drug-likeness (QED) is 0.830. The molecule has 1 rings (SSSR count). The molecular formula is C8H12F2N4O2. The van der Waals surface area contributed by atoms with Gasteiger partial charge < -0.3 is 5.11 Å². The van der Waals surface area contributed by atoms with Crippen LogP contribution in [0.25, 0.3) is 0 Å². The number of hydrogen-bond acceptors (Lipinski definition) is 4. The molecule has 1 heterocycles. The van der Waals surface area contributed by atoms with Crippen LogP contribution in [0.1, 0.15) is 38.6 Å². The topological polar surface area (TPSA) is 80.9 Å². The third-order valence-electron chi connectivity index (χ3n) is 2.18. The zero-order valence-corrected chi connectivity index (χ0v) is 8.84. The van der Waals surface area contributed by atoms with E-state index in [-0.39, 0.29) is 12.3 Å². The zero-order chi connectivity index (χ0) is 12.3. The number of tetrazole rings is 1. The van der Waals surface area contributed by atoms with E-state index in [1.54, 1.807) is 13.8 Å². The second-order valence-electron chi connectivity index (χ2n) is 3.69. The first-order valence-corrected chi connectivity index (χ1v) is 4.71. The van der Waals surface area contributed by atoms with Gasteiger partial charge in [-0.05, 0) is 16.3 Å². The maximum Gasteiger partial charge on any atom is 0.305 e. The summed E-state index contributed by atoms with van der Waals surface area (Å²) in [5.41, 5.74) is 0. The lowest BCUT2D eigenvalue weighted by atomic mass is 10.0. The van der Waals surface area contributed by atoms with Crippen molar-refractivity contribution in [2.45, 2.75) is 32.7 Å². The average molecular weight is 234 g/mol. The normalized spacial score (nSPS) is 13.4. The van der Waals surface area contributed by atoms with Crippen LogP contribution in [-0.4, -0.2) is 31.3 Å². The molecule has 1 aromatic heterocycles. The van der Waals surface area contributed by atoms with E-state index < -0.39 is 24.3 Å². The Hall–Kier alpha value is -1.60. The molecule has 0 saturated carbocycles. The van der Waals surface area contributed by atoms with Crippen molar-refractivity contribution in [3.8, 4) is 0 Å². The van der Waals surface area contributed by atoms with Gasteiger partial charge >= 0.3 is 5.97 Å². The second-order valence-corrected chi connectivity index (χ2v) is 3.69. The van der Waals surface area contributed by atoms with Crippen LogP contribution in [0.4, 0.5) is 8.78 Å². The highest BCUT2D eigenvalue weighted by molar-refractivity contribution is 5.67. The minimum absolute atomic E-state index is 0.155. The number of halogens is 2. The van der Waals surface area contributed by atoms with Crippen molar-refractivity contribution in [1.82, 2.24) is 20.2 Å². The van der Waals surface area contributed by atoms with Crippen molar-refractivity contribution >= 4 is 5.97 Å². The Morgan fingerprint density at radius 1 is 1.50 bits per heavy atom. The summed E-state index contributed by atoms with van der Waals surface area (Å²) in [4.78, 5) is 10.6. The molecule has 0 radical (unpaired) electrons. The number of carboxylic acid groups (broad SMARTS) is 1. The van der Waals surface area contributed by atoms with Crippen LogP contribution < -0.4 is 0 Å². The van der Waals surface area contributed by atoms with Gasteiger partial charge in [-0.15, -0.1) is 5.10 Å². The Bertz CT molecular complexity index is 367. The fourth-order valence-electron chi connectivity index (χ4n) is 1.36. The molecule has 0 amide bonds. The van der Waals surface area contributed by atoms with Crippen molar-refractivity contribution in [3.63, 3.8) is 0 Å². The Balaban J connectivity index is 3.01. The van der Waals surface area contributed by atoms with E-state index in [1.807, 2.05) is 0 Å². The molecule has 0 aliphatic carbocycles.